The second kappa shape index (κ2) is 9.16. The molecule has 3 heterocycles. The normalized spacial score (nSPS) is 12.9. The number of rotatable bonds is 4. The smallest absolute Gasteiger partial charge is 0.542 e. The maximum atomic E-state index is 12.7. The van der Waals surface area contributed by atoms with Gasteiger partial charge in [0.2, 0.25) is 5.95 Å². The number of nitrogens with one attached hydrogen (secondary N) is 1. The number of nitrogens with zero attached hydrogens (tertiary/aromatic N) is 5. The van der Waals surface area contributed by atoms with Gasteiger partial charge < -0.3 is 24.6 Å². The van der Waals surface area contributed by atoms with E-state index in [2.05, 4.69) is 20.0 Å². The van der Waals surface area contributed by atoms with E-state index in [1.807, 2.05) is 23.4 Å². The van der Waals surface area contributed by atoms with E-state index in [1.165, 1.54) is 40.5 Å². The minimum atomic E-state index is -4.03. The molecule has 0 atom stereocenters. The average molecular weight is 481 g/mol. The number of thiophene rings is 1. The van der Waals surface area contributed by atoms with Crippen molar-refractivity contribution in [2.45, 2.75) is 11.8 Å². The molecule has 32 heavy (non-hydrogen) atoms. The van der Waals surface area contributed by atoms with Gasteiger partial charge in [0.25, 0.3) is 5.91 Å². The topological polar surface area (TPSA) is 127 Å². The molecule has 160 valence electrons. The second-order valence-electron chi connectivity index (χ2n) is 6.70. The molecule has 0 spiro atoms. The number of fused-ring (bicyclic) bond motifs is 2. The van der Waals surface area contributed by atoms with Crippen molar-refractivity contribution in [3.63, 3.8) is 0 Å². The first-order chi connectivity index (χ1) is 14.7. The summed E-state index contributed by atoms with van der Waals surface area (Å²) in [5.41, 5.74) is 1.86. The van der Waals surface area contributed by atoms with Crippen LogP contribution in [-0.4, -0.2) is 44.3 Å². The Labute approximate surface area is 211 Å². The van der Waals surface area contributed by atoms with Gasteiger partial charge in [-0.1, -0.05) is 0 Å². The molecule has 1 aromatic carbocycles. The maximum Gasteiger partial charge on any atom is 1.00 e. The molecule has 2 aromatic heterocycles. The van der Waals surface area contributed by atoms with Gasteiger partial charge in [-0.15, -0.1) is 11.3 Å². The van der Waals surface area contributed by atoms with Crippen molar-refractivity contribution in [2.75, 3.05) is 29.2 Å². The van der Waals surface area contributed by atoms with E-state index >= 15 is 0 Å². The monoisotopic (exact) mass is 480 g/mol. The first kappa shape index (κ1) is 24.1. The summed E-state index contributed by atoms with van der Waals surface area (Å²) in [5, 5.41) is 4.87. The van der Waals surface area contributed by atoms with E-state index in [1.54, 1.807) is 13.2 Å². The predicted octanol–water partition coefficient (Wildman–Crippen LogP) is 0.252. The van der Waals surface area contributed by atoms with Crippen LogP contribution in [0.4, 0.5) is 28.8 Å². The molecule has 1 N–H and O–H groups in total. The Morgan fingerprint density at radius 2 is 1.78 bits per heavy atom. The number of sulfonamides is 1. The maximum absolute atomic E-state index is 12.7. The minimum absolute atomic E-state index is 0. The van der Waals surface area contributed by atoms with Gasteiger partial charge in [0, 0.05) is 19.8 Å². The minimum Gasteiger partial charge on any atom is -0.542 e. The fourth-order valence-electron chi connectivity index (χ4n) is 3.07. The second-order valence-corrected chi connectivity index (χ2v) is 9.22. The molecular weight excluding hydrogens is 463 g/mol. The molecule has 0 radical (unpaired) electrons. The fraction of sp³-hybridized carbons (Fsp3) is 0.158. The molecule has 0 saturated heterocycles. The summed E-state index contributed by atoms with van der Waals surface area (Å²) < 4.78 is 27.2. The van der Waals surface area contributed by atoms with Gasteiger partial charge in [-0.2, -0.15) is 4.98 Å². The Morgan fingerprint density at radius 1 is 1.09 bits per heavy atom. The van der Waals surface area contributed by atoms with Crippen molar-refractivity contribution < 1.29 is 47.6 Å². The van der Waals surface area contributed by atoms with Gasteiger partial charge in [0.05, 0.1) is 22.7 Å². The third-order valence-electron chi connectivity index (χ3n) is 4.59. The summed E-state index contributed by atoms with van der Waals surface area (Å²) in [6.07, 6.45) is 1.56. The van der Waals surface area contributed by atoms with Gasteiger partial charge >= 0.3 is 29.6 Å². The average Bonchev–Trinajstić information content (AvgIpc) is 3.19. The quantitative estimate of drug-likeness (QED) is 0.527. The van der Waals surface area contributed by atoms with Gasteiger partial charge in [-0.3, -0.25) is 4.79 Å². The number of benzene rings is 1. The summed E-state index contributed by atoms with van der Waals surface area (Å²) >= 11 is 1.36. The number of anilines is 5. The number of aromatic nitrogens is 2. The Balaban J connectivity index is 0.00000289. The SMILES string of the molecule is CC(=O)[N-]S(=O)(=O)c1ccc(Nc2ncc3c(n2)N(C)c2ccsc2C(=O)N3C)cc1.[Na+]. The van der Waals surface area contributed by atoms with Crippen molar-refractivity contribution in [3.05, 3.63) is 51.5 Å². The van der Waals surface area contributed by atoms with E-state index in [0.717, 1.165) is 12.6 Å². The van der Waals surface area contributed by atoms with Crippen LogP contribution in [0.3, 0.4) is 0 Å². The first-order valence-electron chi connectivity index (χ1n) is 8.99. The number of carbonyl (C=O) groups excluding carboxylic acids is 2. The van der Waals surface area contributed by atoms with Crippen molar-refractivity contribution in [1.29, 1.82) is 0 Å². The molecule has 0 fully saturated rings. The molecule has 0 aliphatic carbocycles. The summed E-state index contributed by atoms with van der Waals surface area (Å²) in [6, 6.07) is 7.58. The zero-order valence-electron chi connectivity index (χ0n) is 17.7. The van der Waals surface area contributed by atoms with Crippen LogP contribution in [0.25, 0.3) is 4.72 Å². The van der Waals surface area contributed by atoms with Gasteiger partial charge in [-0.25, -0.2) is 13.4 Å². The molecule has 13 heteroatoms. The predicted molar refractivity (Wildman–Crippen MR) is 118 cm³/mol. The third-order valence-corrected chi connectivity index (χ3v) is 6.85. The van der Waals surface area contributed by atoms with E-state index < -0.39 is 15.9 Å². The third kappa shape index (κ3) is 4.50. The molecule has 10 nitrogen and oxygen atoms in total. The summed E-state index contributed by atoms with van der Waals surface area (Å²) in [7, 11) is -0.536. The van der Waals surface area contributed by atoms with Crippen molar-refractivity contribution in [3.8, 4) is 0 Å². The van der Waals surface area contributed by atoms with Crippen LogP contribution < -0.4 is 44.7 Å². The van der Waals surface area contributed by atoms with Crippen LogP contribution in [0.2, 0.25) is 0 Å². The first-order valence-corrected chi connectivity index (χ1v) is 11.3. The molecule has 2 amide bonds. The van der Waals surface area contributed by atoms with E-state index in [-0.39, 0.29) is 46.3 Å². The molecule has 4 rings (SSSR count). The molecule has 0 bridgehead atoms. The molecule has 1 aliphatic rings. The fourth-order valence-corrected chi connectivity index (χ4v) is 4.89. The Bertz CT molecular complexity index is 1290. The summed E-state index contributed by atoms with van der Waals surface area (Å²) in [4.78, 5) is 36.4. The number of hydrogen-bond acceptors (Lipinski definition) is 9. The molecular formula is C19H17N6NaO4S2. The van der Waals surface area contributed by atoms with E-state index in [0.29, 0.717) is 22.1 Å². The van der Waals surface area contributed by atoms with Crippen molar-refractivity contribution in [2.24, 2.45) is 0 Å². The van der Waals surface area contributed by atoms with Crippen LogP contribution in [0, 0.1) is 0 Å². The standard InChI is InChI=1S/C19H18N6O4S2.Na/c1-11(26)23-31(28,29)13-6-4-12(5-7-13)21-19-20-10-15-17(22-19)24(2)14-8-9-30-16(14)18(27)25(15)3;/h4-10H,1-3H3,(H2,20,21,22,23,26);/q;+1/p-1. The zero-order valence-corrected chi connectivity index (χ0v) is 21.4. The molecule has 0 unspecified atom stereocenters. The van der Waals surface area contributed by atoms with Gasteiger partial charge in [0.1, 0.15) is 20.6 Å². The van der Waals surface area contributed by atoms with Crippen molar-refractivity contribution in [1.82, 2.24) is 9.97 Å². The number of carbonyl (C=O) groups is 2. The summed E-state index contributed by atoms with van der Waals surface area (Å²) in [5.74, 6) is -0.103. The van der Waals surface area contributed by atoms with Crippen LogP contribution in [-0.2, 0) is 14.8 Å². The Morgan fingerprint density at radius 3 is 2.44 bits per heavy atom. The van der Waals surface area contributed by atoms with Gasteiger partial charge in [0.15, 0.2) is 5.82 Å². The number of hydrogen-bond donors (Lipinski definition) is 1. The molecule has 1 aliphatic heterocycles. The van der Waals surface area contributed by atoms with Crippen molar-refractivity contribution >= 4 is 62.0 Å². The van der Waals surface area contributed by atoms with Crippen LogP contribution >= 0.6 is 11.3 Å². The largest absolute Gasteiger partial charge is 1.00 e. The molecule has 0 saturated carbocycles. The van der Waals surface area contributed by atoms with Gasteiger partial charge in [-0.05, 0) is 42.6 Å². The Hall–Kier alpha value is -2.51. The number of amides is 2. The van der Waals surface area contributed by atoms with Crippen LogP contribution in [0.15, 0.2) is 46.8 Å². The van der Waals surface area contributed by atoms with Crippen LogP contribution in [0.1, 0.15) is 16.6 Å². The van der Waals surface area contributed by atoms with E-state index in [9.17, 15) is 18.0 Å². The zero-order chi connectivity index (χ0) is 22.3. The molecule has 3 aromatic rings. The summed E-state index contributed by atoms with van der Waals surface area (Å²) in [6.45, 7) is 1.07. The van der Waals surface area contributed by atoms with Crippen LogP contribution in [0.5, 0.6) is 0 Å². The van der Waals surface area contributed by atoms with E-state index in [4.69, 9.17) is 0 Å². The Kier molecular flexibility index (Phi) is 6.91.